The van der Waals surface area contributed by atoms with E-state index in [0.717, 1.165) is 11.3 Å². The van der Waals surface area contributed by atoms with Gasteiger partial charge in [0, 0.05) is 18.1 Å². The fraction of sp³-hybridized carbons (Fsp3) is 0.231. The molecule has 1 heterocycles. The van der Waals surface area contributed by atoms with E-state index in [2.05, 4.69) is 10.3 Å². The van der Waals surface area contributed by atoms with Gasteiger partial charge in [0.05, 0.1) is 15.6 Å². The Morgan fingerprint density at radius 3 is 2.76 bits per heavy atom. The Kier molecular flexibility index (Phi) is 4.71. The highest BCUT2D eigenvalue weighted by Gasteiger charge is 2.16. The molecule has 0 bridgehead atoms. The number of nitrogens with zero attached hydrogens (tertiary/aromatic N) is 1. The van der Waals surface area contributed by atoms with Crippen molar-refractivity contribution in [2.75, 3.05) is 18.1 Å². The lowest BCUT2D eigenvalue weighted by Crippen LogP contribution is -2.15. The van der Waals surface area contributed by atoms with E-state index in [0.29, 0.717) is 13.0 Å². The van der Waals surface area contributed by atoms with Crippen molar-refractivity contribution < 1.29 is 13.2 Å². The largest absolute Gasteiger partial charge is 0.330 e. The third kappa shape index (κ3) is 3.87. The number of benzene rings is 1. The van der Waals surface area contributed by atoms with Crippen molar-refractivity contribution in [3.8, 4) is 0 Å². The number of carbonyl (C=O) groups is 1. The third-order valence-corrected chi connectivity index (χ3v) is 4.74. The molecule has 2 rings (SSSR count). The molecular formula is C13H15N3O3S2. The number of amides is 1. The van der Waals surface area contributed by atoms with Crippen LogP contribution in [0.15, 0.2) is 34.5 Å². The minimum Gasteiger partial charge on any atom is -0.330 e. The van der Waals surface area contributed by atoms with Crippen molar-refractivity contribution in [3.63, 3.8) is 0 Å². The first-order chi connectivity index (χ1) is 9.91. The molecular weight excluding hydrogens is 310 g/mol. The van der Waals surface area contributed by atoms with Crippen LogP contribution in [0.4, 0.5) is 5.69 Å². The Balaban J connectivity index is 2.23. The van der Waals surface area contributed by atoms with Crippen molar-refractivity contribution in [1.82, 2.24) is 4.98 Å². The van der Waals surface area contributed by atoms with Crippen LogP contribution in [-0.2, 0) is 16.3 Å². The van der Waals surface area contributed by atoms with E-state index in [1.54, 1.807) is 23.6 Å². The van der Waals surface area contributed by atoms with E-state index in [1.165, 1.54) is 17.4 Å². The molecule has 3 N–H and O–H groups in total. The molecule has 0 fully saturated rings. The van der Waals surface area contributed by atoms with Gasteiger partial charge >= 0.3 is 0 Å². The van der Waals surface area contributed by atoms with Gasteiger partial charge in [-0.1, -0.05) is 12.1 Å². The summed E-state index contributed by atoms with van der Waals surface area (Å²) in [6, 6.07) is 6.26. The molecule has 112 valence electrons. The number of aromatic nitrogens is 1. The van der Waals surface area contributed by atoms with Crippen molar-refractivity contribution in [2.45, 2.75) is 11.3 Å². The second-order valence-corrected chi connectivity index (χ2v) is 7.31. The van der Waals surface area contributed by atoms with Crippen LogP contribution < -0.4 is 11.1 Å². The van der Waals surface area contributed by atoms with Crippen molar-refractivity contribution in [2.24, 2.45) is 5.73 Å². The summed E-state index contributed by atoms with van der Waals surface area (Å²) in [7, 11) is -3.41. The standard InChI is InChI=1S/C13H15N3O3S2/c1-21(18,19)11-5-3-2-4-9(11)16-13(17)10-8-20-12(15-10)6-7-14/h2-5,8H,6-7,14H2,1H3,(H,16,17). The summed E-state index contributed by atoms with van der Waals surface area (Å²) in [5, 5.41) is 4.99. The fourth-order valence-electron chi connectivity index (χ4n) is 1.73. The zero-order valence-corrected chi connectivity index (χ0v) is 13.0. The van der Waals surface area contributed by atoms with Crippen molar-refractivity contribution in [3.05, 3.63) is 40.3 Å². The summed E-state index contributed by atoms with van der Waals surface area (Å²) >= 11 is 1.35. The lowest BCUT2D eigenvalue weighted by Gasteiger charge is -2.08. The molecule has 0 aliphatic carbocycles. The summed E-state index contributed by atoms with van der Waals surface area (Å²) in [4.78, 5) is 16.4. The summed E-state index contributed by atoms with van der Waals surface area (Å²) in [5.41, 5.74) is 5.94. The van der Waals surface area contributed by atoms with Crippen LogP contribution in [0.3, 0.4) is 0 Å². The number of nitrogens with two attached hydrogens (primary N) is 1. The van der Waals surface area contributed by atoms with Crippen LogP contribution in [0.25, 0.3) is 0 Å². The summed E-state index contributed by atoms with van der Waals surface area (Å²) in [6.07, 6.45) is 1.71. The molecule has 0 radical (unpaired) electrons. The predicted octanol–water partition coefficient (Wildman–Crippen LogP) is 1.30. The molecule has 0 aliphatic rings. The Morgan fingerprint density at radius 2 is 2.10 bits per heavy atom. The van der Waals surface area contributed by atoms with Gasteiger partial charge in [0.1, 0.15) is 5.69 Å². The molecule has 2 aromatic rings. The smallest absolute Gasteiger partial charge is 0.275 e. The maximum absolute atomic E-state index is 12.1. The molecule has 0 spiro atoms. The first-order valence-corrected chi connectivity index (χ1v) is 8.94. The minimum atomic E-state index is -3.41. The van der Waals surface area contributed by atoms with Crippen LogP contribution in [-0.4, -0.2) is 32.1 Å². The lowest BCUT2D eigenvalue weighted by atomic mass is 10.3. The molecule has 21 heavy (non-hydrogen) atoms. The van der Waals surface area contributed by atoms with Crippen LogP contribution >= 0.6 is 11.3 Å². The van der Waals surface area contributed by atoms with Crippen LogP contribution in [0.1, 0.15) is 15.5 Å². The van der Waals surface area contributed by atoms with Gasteiger partial charge in [-0.3, -0.25) is 4.79 Å². The minimum absolute atomic E-state index is 0.0794. The highest BCUT2D eigenvalue weighted by molar-refractivity contribution is 7.90. The van der Waals surface area contributed by atoms with Gasteiger partial charge < -0.3 is 11.1 Å². The number of nitrogens with one attached hydrogen (secondary N) is 1. The molecule has 1 aromatic carbocycles. The Labute approximate surface area is 126 Å². The molecule has 6 nitrogen and oxygen atoms in total. The van der Waals surface area contributed by atoms with Gasteiger partial charge in [-0.15, -0.1) is 11.3 Å². The van der Waals surface area contributed by atoms with Gasteiger partial charge in [0.25, 0.3) is 5.91 Å². The zero-order valence-electron chi connectivity index (χ0n) is 11.4. The maximum atomic E-state index is 12.1. The fourth-order valence-corrected chi connectivity index (χ4v) is 3.37. The van der Waals surface area contributed by atoms with E-state index >= 15 is 0 Å². The van der Waals surface area contributed by atoms with Gasteiger partial charge in [0.2, 0.25) is 0 Å². The number of rotatable bonds is 5. The number of para-hydroxylation sites is 1. The molecule has 0 saturated carbocycles. The Bertz CT molecular complexity index is 754. The van der Waals surface area contributed by atoms with Crippen molar-refractivity contribution in [1.29, 1.82) is 0 Å². The molecule has 0 unspecified atom stereocenters. The Hall–Kier alpha value is -1.77. The van der Waals surface area contributed by atoms with Gasteiger partial charge in [-0.2, -0.15) is 0 Å². The second-order valence-electron chi connectivity index (χ2n) is 4.39. The van der Waals surface area contributed by atoms with E-state index in [1.807, 2.05) is 0 Å². The number of thiazole rings is 1. The van der Waals surface area contributed by atoms with Gasteiger partial charge in [-0.05, 0) is 18.7 Å². The summed E-state index contributed by atoms with van der Waals surface area (Å²) in [6.45, 7) is 0.464. The van der Waals surface area contributed by atoms with Crippen LogP contribution in [0.5, 0.6) is 0 Å². The van der Waals surface area contributed by atoms with Gasteiger partial charge in [-0.25, -0.2) is 13.4 Å². The molecule has 0 aliphatic heterocycles. The quantitative estimate of drug-likeness (QED) is 0.862. The first kappa shape index (κ1) is 15.6. The average Bonchev–Trinajstić information content (AvgIpc) is 2.87. The molecule has 0 saturated heterocycles. The highest BCUT2D eigenvalue weighted by Crippen LogP contribution is 2.21. The average molecular weight is 325 g/mol. The number of carbonyl (C=O) groups excluding carboxylic acids is 1. The summed E-state index contributed by atoms with van der Waals surface area (Å²) < 4.78 is 23.4. The third-order valence-electron chi connectivity index (χ3n) is 2.68. The maximum Gasteiger partial charge on any atom is 0.275 e. The van der Waals surface area contributed by atoms with Gasteiger partial charge in [0.15, 0.2) is 9.84 Å². The number of hydrogen-bond donors (Lipinski definition) is 2. The second kappa shape index (κ2) is 6.33. The highest BCUT2D eigenvalue weighted by atomic mass is 32.2. The van der Waals surface area contributed by atoms with Crippen LogP contribution in [0.2, 0.25) is 0 Å². The number of hydrogen-bond acceptors (Lipinski definition) is 6. The molecule has 0 atom stereocenters. The topological polar surface area (TPSA) is 102 Å². The monoisotopic (exact) mass is 325 g/mol. The van der Waals surface area contributed by atoms with E-state index in [-0.39, 0.29) is 16.3 Å². The first-order valence-electron chi connectivity index (χ1n) is 6.16. The summed E-state index contributed by atoms with van der Waals surface area (Å²) in [5.74, 6) is -0.439. The SMILES string of the molecule is CS(=O)(=O)c1ccccc1NC(=O)c1csc(CCN)n1. The predicted molar refractivity (Wildman–Crippen MR) is 82.4 cm³/mol. The van der Waals surface area contributed by atoms with E-state index in [9.17, 15) is 13.2 Å². The lowest BCUT2D eigenvalue weighted by molar-refractivity contribution is 0.102. The molecule has 1 aromatic heterocycles. The zero-order chi connectivity index (χ0) is 15.5. The van der Waals surface area contributed by atoms with E-state index < -0.39 is 15.7 Å². The normalized spacial score (nSPS) is 11.3. The molecule has 8 heteroatoms. The van der Waals surface area contributed by atoms with Crippen molar-refractivity contribution >= 4 is 32.8 Å². The van der Waals surface area contributed by atoms with E-state index in [4.69, 9.17) is 5.73 Å². The number of sulfone groups is 1. The number of anilines is 1. The van der Waals surface area contributed by atoms with Crippen LogP contribution in [0, 0.1) is 0 Å². The molecule has 1 amide bonds. The Morgan fingerprint density at radius 1 is 1.38 bits per heavy atom.